The number of benzene rings is 1. The highest BCUT2D eigenvalue weighted by Crippen LogP contribution is 2.28. The van der Waals surface area contributed by atoms with Gasteiger partial charge in [-0.2, -0.15) is 0 Å². The quantitative estimate of drug-likeness (QED) is 0.607. The van der Waals surface area contributed by atoms with E-state index in [0.717, 1.165) is 6.42 Å². The van der Waals surface area contributed by atoms with E-state index in [4.69, 9.17) is 0 Å². The van der Waals surface area contributed by atoms with Crippen molar-refractivity contribution in [1.29, 1.82) is 0 Å². The van der Waals surface area contributed by atoms with Gasteiger partial charge < -0.3 is 15.3 Å². The van der Waals surface area contributed by atoms with Gasteiger partial charge in [0.05, 0.1) is 0 Å². The highest BCUT2D eigenvalue weighted by molar-refractivity contribution is 5.74. The number of rotatable bonds is 6. The van der Waals surface area contributed by atoms with Crippen molar-refractivity contribution in [3.63, 3.8) is 0 Å². The van der Waals surface area contributed by atoms with Gasteiger partial charge >= 0.3 is 5.97 Å². The molecule has 0 unspecified atom stereocenters. The van der Waals surface area contributed by atoms with Gasteiger partial charge in [-0.15, -0.1) is 0 Å². The first-order valence-corrected chi connectivity index (χ1v) is 7.41. The zero-order valence-electron chi connectivity index (χ0n) is 14.0. The maximum absolute atomic E-state index is 11.5. The van der Waals surface area contributed by atoms with E-state index >= 15 is 0 Å². The van der Waals surface area contributed by atoms with Crippen molar-refractivity contribution in [2.75, 3.05) is 0 Å². The number of hydrogen-bond donors (Lipinski definition) is 4. The summed E-state index contributed by atoms with van der Waals surface area (Å²) in [6, 6.07) is 3.61. The molecule has 0 fully saturated rings. The minimum Gasteiger partial charge on any atom is -0.504 e. The van der Waals surface area contributed by atoms with Gasteiger partial charge in [-0.1, -0.05) is 26.8 Å². The van der Waals surface area contributed by atoms with E-state index < -0.39 is 12.0 Å². The molecule has 0 amide bonds. The minimum absolute atomic E-state index is 0.0797. The third-order valence-corrected chi connectivity index (χ3v) is 3.31. The van der Waals surface area contributed by atoms with Crippen LogP contribution in [0.3, 0.4) is 0 Å². The number of phenolic OH excluding ortho intramolecular Hbond substituents is 2. The number of carboxylic acids is 1. The molecule has 0 aliphatic carbocycles. The summed E-state index contributed by atoms with van der Waals surface area (Å²) in [5.74, 6) is -1.39. The van der Waals surface area contributed by atoms with Crippen LogP contribution in [0.2, 0.25) is 0 Å². The fraction of sp³-hybridized carbons (Fsp3) is 0.588. The summed E-state index contributed by atoms with van der Waals surface area (Å²) in [6.07, 6.45) is 1.06. The van der Waals surface area contributed by atoms with Crippen LogP contribution in [0.4, 0.5) is 0 Å². The molecule has 0 radical (unpaired) electrons. The molecule has 1 aromatic rings. The van der Waals surface area contributed by atoms with Gasteiger partial charge in [0.1, 0.15) is 6.04 Å². The normalized spacial score (nSPS) is 13.9. The second kappa shape index (κ2) is 6.57. The zero-order chi connectivity index (χ0) is 17.1. The van der Waals surface area contributed by atoms with E-state index in [-0.39, 0.29) is 28.9 Å². The van der Waals surface area contributed by atoms with E-state index in [1.165, 1.54) is 12.1 Å². The Morgan fingerprint density at radius 2 is 1.73 bits per heavy atom. The van der Waals surface area contributed by atoms with E-state index in [0.29, 0.717) is 5.56 Å². The number of carboxylic acid groups (broad SMARTS) is 1. The maximum Gasteiger partial charge on any atom is 0.321 e. The van der Waals surface area contributed by atoms with Crippen LogP contribution in [0.15, 0.2) is 18.2 Å². The largest absolute Gasteiger partial charge is 0.504 e. The summed E-state index contributed by atoms with van der Waals surface area (Å²) < 4.78 is 0. The summed E-state index contributed by atoms with van der Waals surface area (Å²) >= 11 is 0. The lowest BCUT2D eigenvalue weighted by Gasteiger charge is -2.35. The minimum atomic E-state index is -0.936. The number of aromatic hydroxyl groups is 2. The lowest BCUT2D eigenvalue weighted by atomic mass is 9.81. The summed E-state index contributed by atoms with van der Waals surface area (Å²) in [5, 5.41) is 31.5. The number of aliphatic carboxylic acids is 1. The van der Waals surface area contributed by atoms with Gasteiger partial charge in [0.15, 0.2) is 11.5 Å². The van der Waals surface area contributed by atoms with Gasteiger partial charge in [0.2, 0.25) is 0 Å². The van der Waals surface area contributed by atoms with E-state index in [1.807, 2.05) is 13.8 Å². The molecule has 1 rings (SSSR count). The highest BCUT2D eigenvalue weighted by atomic mass is 16.4. The molecule has 0 saturated carbocycles. The average molecular weight is 309 g/mol. The van der Waals surface area contributed by atoms with Gasteiger partial charge in [-0.3, -0.25) is 10.1 Å². The van der Waals surface area contributed by atoms with Crippen molar-refractivity contribution in [2.24, 2.45) is 5.41 Å². The monoisotopic (exact) mass is 309 g/mol. The standard InChI is InChI=1S/C17H27NO4/c1-16(2,3)10-17(4,5)18-12(15(21)22)8-11-6-7-13(19)14(20)9-11/h6-7,9,12,18-20H,8,10H2,1-5H3,(H,21,22)/t12-/m0/s1. The topological polar surface area (TPSA) is 89.8 Å². The lowest BCUT2D eigenvalue weighted by molar-refractivity contribution is -0.140. The molecule has 124 valence electrons. The Bertz CT molecular complexity index is 532. The summed E-state index contributed by atoms with van der Waals surface area (Å²) in [7, 11) is 0. The van der Waals surface area contributed by atoms with Crippen LogP contribution < -0.4 is 5.32 Å². The summed E-state index contributed by atoms with van der Waals surface area (Å²) in [6.45, 7) is 10.3. The molecule has 1 atom stereocenters. The summed E-state index contributed by atoms with van der Waals surface area (Å²) in [4.78, 5) is 11.5. The number of nitrogens with one attached hydrogen (secondary N) is 1. The van der Waals surface area contributed by atoms with Crippen LogP contribution in [0.1, 0.15) is 46.6 Å². The highest BCUT2D eigenvalue weighted by Gasteiger charge is 2.30. The third-order valence-electron chi connectivity index (χ3n) is 3.31. The van der Waals surface area contributed by atoms with E-state index in [9.17, 15) is 20.1 Å². The molecule has 1 aromatic carbocycles. The molecule has 0 aromatic heterocycles. The second-order valence-electron chi connectivity index (χ2n) is 7.68. The van der Waals surface area contributed by atoms with Crippen molar-refractivity contribution in [2.45, 2.75) is 59.0 Å². The Hall–Kier alpha value is -1.75. The molecular weight excluding hydrogens is 282 g/mol. The number of phenols is 2. The van der Waals surface area contributed by atoms with Crippen LogP contribution in [0.25, 0.3) is 0 Å². The molecule has 4 N–H and O–H groups in total. The molecule has 22 heavy (non-hydrogen) atoms. The van der Waals surface area contributed by atoms with Gasteiger partial charge in [-0.05, 0) is 49.8 Å². The molecule has 0 bridgehead atoms. The maximum atomic E-state index is 11.5. The van der Waals surface area contributed by atoms with Crippen molar-refractivity contribution < 1.29 is 20.1 Å². The Morgan fingerprint density at radius 3 is 2.18 bits per heavy atom. The molecule has 5 heteroatoms. The molecule has 0 aliphatic heterocycles. The Balaban J connectivity index is 2.86. The SMILES string of the molecule is CC(C)(C)CC(C)(C)N[C@@H](Cc1ccc(O)c(O)c1)C(=O)O. The van der Waals surface area contributed by atoms with Gasteiger partial charge in [-0.25, -0.2) is 0 Å². The van der Waals surface area contributed by atoms with Gasteiger partial charge in [0, 0.05) is 5.54 Å². The molecule has 0 saturated heterocycles. The Labute approximate surface area is 132 Å². The molecule has 5 nitrogen and oxygen atoms in total. The van der Waals surface area contributed by atoms with Crippen LogP contribution in [-0.4, -0.2) is 32.9 Å². The zero-order valence-corrected chi connectivity index (χ0v) is 14.0. The predicted molar refractivity (Wildman–Crippen MR) is 86.2 cm³/mol. The van der Waals surface area contributed by atoms with Crippen LogP contribution >= 0.6 is 0 Å². The lowest BCUT2D eigenvalue weighted by Crippen LogP contribution is -2.52. The number of carbonyl (C=O) groups is 1. The van der Waals surface area contributed by atoms with Crippen molar-refractivity contribution in [3.05, 3.63) is 23.8 Å². The van der Waals surface area contributed by atoms with Crippen LogP contribution in [0, 0.1) is 5.41 Å². The summed E-state index contributed by atoms with van der Waals surface area (Å²) in [5.41, 5.74) is 0.401. The smallest absolute Gasteiger partial charge is 0.321 e. The van der Waals surface area contributed by atoms with Crippen molar-refractivity contribution in [1.82, 2.24) is 5.32 Å². The third kappa shape index (κ3) is 5.93. The van der Waals surface area contributed by atoms with Crippen molar-refractivity contribution in [3.8, 4) is 11.5 Å². The van der Waals surface area contributed by atoms with Crippen LogP contribution in [-0.2, 0) is 11.2 Å². The van der Waals surface area contributed by atoms with E-state index in [2.05, 4.69) is 26.1 Å². The molecule has 0 aliphatic rings. The fourth-order valence-corrected chi connectivity index (χ4v) is 2.98. The first-order chi connectivity index (χ1) is 9.89. The Morgan fingerprint density at radius 1 is 1.14 bits per heavy atom. The molecule has 0 heterocycles. The van der Waals surface area contributed by atoms with Crippen LogP contribution in [0.5, 0.6) is 11.5 Å². The van der Waals surface area contributed by atoms with Gasteiger partial charge in [0.25, 0.3) is 0 Å². The molecule has 0 spiro atoms. The first kappa shape index (κ1) is 18.3. The second-order valence-corrected chi connectivity index (χ2v) is 7.68. The molecular formula is C17H27NO4. The average Bonchev–Trinajstić information content (AvgIpc) is 2.29. The predicted octanol–water partition coefficient (Wildman–Crippen LogP) is 2.90. The number of hydrogen-bond acceptors (Lipinski definition) is 4. The Kier molecular flexibility index (Phi) is 5.46. The first-order valence-electron chi connectivity index (χ1n) is 7.41. The van der Waals surface area contributed by atoms with Crippen molar-refractivity contribution >= 4 is 5.97 Å². The fourth-order valence-electron chi connectivity index (χ4n) is 2.98. The van der Waals surface area contributed by atoms with E-state index in [1.54, 1.807) is 6.07 Å².